The Morgan fingerprint density at radius 2 is 2.00 bits per heavy atom. The first-order chi connectivity index (χ1) is 9.22. The van der Waals surface area contributed by atoms with Crippen molar-refractivity contribution in [2.75, 3.05) is 14.2 Å². The van der Waals surface area contributed by atoms with E-state index in [1.54, 1.807) is 19.2 Å². The second kappa shape index (κ2) is 5.85. The molecule has 1 amide bonds. The van der Waals surface area contributed by atoms with Crippen molar-refractivity contribution < 1.29 is 18.7 Å². The molecule has 100 valence electrons. The van der Waals surface area contributed by atoms with Crippen LogP contribution in [0.5, 0.6) is 5.75 Å². The lowest BCUT2D eigenvalue weighted by atomic mass is 10.2. The number of alkyl carbamates (subject to hydrolysis) is 1. The Kier molecular flexibility index (Phi) is 3.97. The Morgan fingerprint density at radius 1 is 1.26 bits per heavy atom. The molecule has 0 fully saturated rings. The summed E-state index contributed by atoms with van der Waals surface area (Å²) in [6.45, 7) is 0.121. The summed E-state index contributed by atoms with van der Waals surface area (Å²) in [6.07, 6.45) is -0.552. The molecule has 19 heavy (non-hydrogen) atoms. The van der Waals surface area contributed by atoms with Gasteiger partial charge in [0.1, 0.15) is 5.75 Å². The topological polar surface area (TPSA) is 86.5 Å². The standard InChI is InChI=1S/C12H13N3O4/c1-17-9-5-3-8(4-6-9)11-15-14-10(19-11)7-13-12(16)18-2/h3-6H,7H2,1-2H3,(H,13,16). The van der Waals surface area contributed by atoms with Crippen LogP contribution >= 0.6 is 0 Å². The van der Waals surface area contributed by atoms with Crippen LogP contribution in [0.2, 0.25) is 0 Å². The number of amides is 1. The number of nitrogens with zero attached hydrogens (tertiary/aromatic N) is 2. The minimum absolute atomic E-state index is 0.121. The number of rotatable bonds is 4. The number of aromatic nitrogens is 2. The lowest BCUT2D eigenvalue weighted by Gasteiger charge is -2.00. The van der Waals surface area contributed by atoms with E-state index < -0.39 is 6.09 Å². The normalized spacial score (nSPS) is 10.0. The molecule has 0 unspecified atom stereocenters. The predicted molar refractivity (Wildman–Crippen MR) is 65.5 cm³/mol. The van der Waals surface area contributed by atoms with E-state index in [1.807, 2.05) is 12.1 Å². The number of benzene rings is 1. The second-order valence-electron chi connectivity index (χ2n) is 3.57. The Balaban J connectivity index is 2.05. The highest BCUT2D eigenvalue weighted by molar-refractivity contribution is 5.66. The molecule has 1 aromatic heterocycles. The molecule has 0 aliphatic rings. The van der Waals surface area contributed by atoms with E-state index in [-0.39, 0.29) is 6.54 Å². The van der Waals surface area contributed by atoms with Crippen LogP contribution in [0.15, 0.2) is 28.7 Å². The third-order valence-electron chi connectivity index (χ3n) is 2.37. The Labute approximate surface area is 109 Å². The zero-order valence-corrected chi connectivity index (χ0v) is 10.5. The van der Waals surface area contributed by atoms with Crippen LogP contribution in [0.25, 0.3) is 11.5 Å². The Hall–Kier alpha value is -2.57. The van der Waals surface area contributed by atoms with Crippen molar-refractivity contribution in [1.82, 2.24) is 15.5 Å². The lowest BCUT2D eigenvalue weighted by molar-refractivity contribution is 0.169. The fraction of sp³-hybridized carbons (Fsp3) is 0.250. The molecule has 1 aromatic carbocycles. The van der Waals surface area contributed by atoms with Gasteiger partial charge in [0.05, 0.1) is 20.8 Å². The van der Waals surface area contributed by atoms with Crippen molar-refractivity contribution in [2.24, 2.45) is 0 Å². The molecule has 0 radical (unpaired) electrons. The van der Waals surface area contributed by atoms with Crippen molar-refractivity contribution in [1.29, 1.82) is 0 Å². The van der Waals surface area contributed by atoms with Gasteiger partial charge in [-0.05, 0) is 24.3 Å². The van der Waals surface area contributed by atoms with Crippen LogP contribution < -0.4 is 10.1 Å². The molecule has 2 aromatic rings. The zero-order chi connectivity index (χ0) is 13.7. The first-order valence-corrected chi connectivity index (χ1v) is 5.51. The largest absolute Gasteiger partial charge is 0.497 e. The lowest BCUT2D eigenvalue weighted by Crippen LogP contribution is -2.22. The van der Waals surface area contributed by atoms with Crippen LogP contribution in [0.4, 0.5) is 4.79 Å². The van der Waals surface area contributed by atoms with Gasteiger partial charge in [0.25, 0.3) is 0 Å². The quantitative estimate of drug-likeness (QED) is 0.901. The first-order valence-electron chi connectivity index (χ1n) is 5.51. The molecule has 2 rings (SSSR count). The van der Waals surface area contributed by atoms with Gasteiger partial charge >= 0.3 is 6.09 Å². The summed E-state index contributed by atoms with van der Waals surface area (Å²) in [7, 11) is 2.88. The van der Waals surface area contributed by atoms with E-state index in [2.05, 4.69) is 20.3 Å². The van der Waals surface area contributed by atoms with Crippen LogP contribution in [-0.4, -0.2) is 30.5 Å². The molecule has 0 atom stereocenters. The van der Waals surface area contributed by atoms with Gasteiger partial charge in [-0.25, -0.2) is 4.79 Å². The SMILES string of the molecule is COC(=O)NCc1nnc(-c2ccc(OC)cc2)o1. The van der Waals surface area contributed by atoms with Gasteiger partial charge in [-0.15, -0.1) is 10.2 Å². The molecule has 1 heterocycles. The summed E-state index contributed by atoms with van der Waals surface area (Å²) < 4.78 is 14.9. The maximum absolute atomic E-state index is 10.9. The Bertz CT molecular complexity index is 550. The average Bonchev–Trinajstić information content (AvgIpc) is 2.93. The van der Waals surface area contributed by atoms with Crippen LogP contribution in [0, 0.1) is 0 Å². The summed E-state index contributed by atoms with van der Waals surface area (Å²) in [5.74, 6) is 1.43. The van der Waals surface area contributed by atoms with E-state index in [9.17, 15) is 4.79 Å². The summed E-state index contributed by atoms with van der Waals surface area (Å²) in [5.41, 5.74) is 0.776. The van der Waals surface area contributed by atoms with Gasteiger partial charge in [0.15, 0.2) is 0 Å². The molecule has 0 aliphatic heterocycles. The molecule has 0 aliphatic carbocycles. The maximum Gasteiger partial charge on any atom is 0.407 e. The molecular formula is C12H13N3O4. The summed E-state index contributed by atoms with van der Waals surface area (Å²) >= 11 is 0. The van der Waals surface area contributed by atoms with Crippen LogP contribution in [-0.2, 0) is 11.3 Å². The molecule has 7 heteroatoms. The van der Waals surface area contributed by atoms with Gasteiger partial charge < -0.3 is 19.2 Å². The first kappa shape index (κ1) is 12.9. The predicted octanol–water partition coefficient (Wildman–Crippen LogP) is 1.60. The van der Waals surface area contributed by atoms with E-state index in [0.29, 0.717) is 11.8 Å². The fourth-order valence-corrected chi connectivity index (χ4v) is 1.40. The number of ether oxygens (including phenoxy) is 2. The highest BCUT2D eigenvalue weighted by Crippen LogP contribution is 2.20. The second-order valence-corrected chi connectivity index (χ2v) is 3.57. The fourth-order valence-electron chi connectivity index (χ4n) is 1.40. The molecule has 0 saturated heterocycles. The molecular weight excluding hydrogens is 250 g/mol. The van der Waals surface area contributed by atoms with Crippen molar-refractivity contribution in [3.05, 3.63) is 30.2 Å². The smallest absolute Gasteiger partial charge is 0.407 e. The number of hydrogen-bond donors (Lipinski definition) is 1. The minimum atomic E-state index is -0.552. The third kappa shape index (κ3) is 3.21. The number of carbonyl (C=O) groups excluding carboxylic acids is 1. The monoisotopic (exact) mass is 263 g/mol. The van der Waals surface area contributed by atoms with E-state index in [0.717, 1.165) is 11.3 Å². The summed E-state index contributed by atoms with van der Waals surface area (Å²) in [4.78, 5) is 10.9. The van der Waals surface area contributed by atoms with Gasteiger partial charge in [0, 0.05) is 5.56 Å². The maximum atomic E-state index is 10.9. The highest BCUT2D eigenvalue weighted by Gasteiger charge is 2.09. The van der Waals surface area contributed by atoms with Gasteiger partial charge in [-0.2, -0.15) is 0 Å². The molecule has 0 spiro atoms. The number of nitrogens with one attached hydrogen (secondary N) is 1. The van der Waals surface area contributed by atoms with E-state index in [4.69, 9.17) is 9.15 Å². The highest BCUT2D eigenvalue weighted by atomic mass is 16.5. The Morgan fingerprint density at radius 3 is 2.63 bits per heavy atom. The zero-order valence-electron chi connectivity index (χ0n) is 10.5. The minimum Gasteiger partial charge on any atom is -0.497 e. The average molecular weight is 263 g/mol. The van der Waals surface area contributed by atoms with E-state index in [1.165, 1.54) is 7.11 Å². The van der Waals surface area contributed by atoms with Gasteiger partial charge in [0.2, 0.25) is 11.8 Å². The van der Waals surface area contributed by atoms with Crippen molar-refractivity contribution in [3.8, 4) is 17.2 Å². The molecule has 0 saturated carbocycles. The van der Waals surface area contributed by atoms with Crippen molar-refractivity contribution in [2.45, 2.75) is 6.54 Å². The van der Waals surface area contributed by atoms with Gasteiger partial charge in [-0.3, -0.25) is 0 Å². The molecule has 0 bridgehead atoms. The number of methoxy groups -OCH3 is 2. The number of carbonyl (C=O) groups is 1. The van der Waals surface area contributed by atoms with Crippen molar-refractivity contribution in [3.63, 3.8) is 0 Å². The third-order valence-corrected chi connectivity index (χ3v) is 2.37. The number of hydrogen-bond acceptors (Lipinski definition) is 6. The summed E-state index contributed by atoms with van der Waals surface area (Å²) in [5, 5.41) is 10.2. The van der Waals surface area contributed by atoms with E-state index >= 15 is 0 Å². The van der Waals surface area contributed by atoms with Crippen molar-refractivity contribution >= 4 is 6.09 Å². The van der Waals surface area contributed by atoms with Gasteiger partial charge in [-0.1, -0.05) is 0 Å². The van der Waals surface area contributed by atoms with Crippen LogP contribution in [0.3, 0.4) is 0 Å². The molecule has 1 N–H and O–H groups in total. The summed E-state index contributed by atoms with van der Waals surface area (Å²) in [6, 6.07) is 7.21. The molecule has 7 nitrogen and oxygen atoms in total. The van der Waals surface area contributed by atoms with Crippen LogP contribution in [0.1, 0.15) is 5.89 Å².